The van der Waals surface area contributed by atoms with Crippen LogP contribution in [0.1, 0.15) is 18.4 Å². The minimum Gasteiger partial charge on any atom is -0.336 e. The maximum Gasteiger partial charge on any atom is 0.270 e. The molecule has 1 aromatic rings. The van der Waals surface area contributed by atoms with Crippen LogP contribution >= 0.6 is 15.9 Å². The number of amides is 2. The first kappa shape index (κ1) is 13.7. The number of halogens is 1. The lowest BCUT2D eigenvalue weighted by Crippen LogP contribution is -2.37. The second kappa shape index (κ2) is 5.97. The van der Waals surface area contributed by atoms with E-state index in [1.807, 2.05) is 24.3 Å². The molecule has 1 N–H and O–H groups in total. The van der Waals surface area contributed by atoms with E-state index in [2.05, 4.69) is 26.5 Å². The molecule has 1 heterocycles. The van der Waals surface area contributed by atoms with Gasteiger partial charge in [-0.2, -0.15) is 5.10 Å². The van der Waals surface area contributed by atoms with Crippen LogP contribution in [0.2, 0.25) is 0 Å². The predicted molar refractivity (Wildman–Crippen MR) is 75.4 cm³/mol. The van der Waals surface area contributed by atoms with Gasteiger partial charge in [-0.1, -0.05) is 28.1 Å². The van der Waals surface area contributed by atoms with Gasteiger partial charge < -0.3 is 4.90 Å². The number of hydrogen-bond acceptors (Lipinski definition) is 3. The summed E-state index contributed by atoms with van der Waals surface area (Å²) in [5.41, 5.74) is 3.78. The van der Waals surface area contributed by atoms with Crippen molar-refractivity contribution >= 4 is 33.5 Å². The van der Waals surface area contributed by atoms with Gasteiger partial charge >= 0.3 is 0 Å². The number of rotatable bonds is 3. The van der Waals surface area contributed by atoms with Crippen LogP contribution < -0.4 is 5.43 Å². The summed E-state index contributed by atoms with van der Waals surface area (Å²) in [7, 11) is 1.73. The number of benzene rings is 1. The average Bonchev–Trinajstić information content (AvgIpc) is 2.41. The van der Waals surface area contributed by atoms with Crippen molar-refractivity contribution < 1.29 is 9.59 Å². The molecule has 0 spiro atoms. The standard InChI is InChI=1S/C13H14BrN3O2/c1-17(8-9-2-4-10(14)5-3-9)13(19)11-6-7-12(18)16-15-11/h2-5H,6-8H2,1H3,(H,16,18). The van der Waals surface area contributed by atoms with Gasteiger partial charge in [-0.25, -0.2) is 5.43 Å². The fraction of sp³-hybridized carbons (Fsp3) is 0.308. The maximum absolute atomic E-state index is 12.1. The summed E-state index contributed by atoms with van der Waals surface area (Å²) >= 11 is 3.37. The molecule has 0 aromatic heterocycles. The normalized spacial score (nSPS) is 14.6. The van der Waals surface area contributed by atoms with Crippen LogP contribution in [0.4, 0.5) is 0 Å². The molecule has 0 aliphatic carbocycles. The van der Waals surface area contributed by atoms with E-state index in [1.165, 1.54) is 0 Å². The number of carbonyl (C=O) groups is 2. The Hall–Kier alpha value is -1.69. The van der Waals surface area contributed by atoms with Crippen LogP contribution in [-0.2, 0) is 16.1 Å². The molecule has 2 amide bonds. The average molecular weight is 324 g/mol. The summed E-state index contributed by atoms with van der Waals surface area (Å²) in [4.78, 5) is 24.7. The highest BCUT2D eigenvalue weighted by Crippen LogP contribution is 2.12. The maximum atomic E-state index is 12.1. The van der Waals surface area contributed by atoms with Crippen molar-refractivity contribution in [2.75, 3.05) is 7.05 Å². The zero-order valence-corrected chi connectivity index (χ0v) is 12.1. The SMILES string of the molecule is CN(Cc1ccc(Br)cc1)C(=O)C1=NNC(=O)CC1. The molecule has 19 heavy (non-hydrogen) atoms. The van der Waals surface area contributed by atoms with Crippen molar-refractivity contribution in [1.82, 2.24) is 10.3 Å². The molecule has 0 fully saturated rings. The third-order valence-corrected chi connectivity index (χ3v) is 3.36. The Balaban J connectivity index is 1.99. The van der Waals surface area contributed by atoms with E-state index in [-0.39, 0.29) is 11.8 Å². The third kappa shape index (κ3) is 3.64. The Labute approximate surface area is 119 Å². The van der Waals surface area contributed by atoms with Crippen LogP contribution in [0.25, 0.3) is 0 Å². The van der Waals surface area contributed by atoms with Gasteiger partial charge in [-0.3, -0.25) is 9.59 Å². The van der Waals surface area contributed by atoms with E-state index in [4.69, 9.17) is 0 Å². The van der Waals surface area contributed by atoms with E-state index >= 15 is 0 Å². The first-order chi connectivity index (χ1) is 9.06. The van der Waals surface area contributed by atoms with Crippen LogP contribution in [0, 0.1) is 0 Å². The molecule has 1 aromatic carbocycles. The molecular formula is C13H14BrN3O2. The van der Waals surface area contributed by atoms with Crippen LogP contribution in [0.5, 0.6) is 0 Å². The molecular weight excluding hydrogens is 310 g/mol. The van der Waals surface area contributed by atoms with Gasteiger partial charge in [0.15, 0.2) is 0 Å². The minimum atomic E-state index is -0.150. The summed E-state index contributed by atoms with van der Waals surface area (Å²) < 4.78 is 1.00. The first-order valence-electron chi connectivity index (χ1n) is 5.91. The molecule has 0 atom stereocenters. The second-order valence-corrected chi connectivity index (χ2v) is 5.30. The topological polar surface area (TPSA) is 61.8 Å². The lowest BCUT2D eigenvalue weighted by molar-refractivity contribution is -0.124. The van der Waals surface area contributed by atoms with Crippen LogP contribution in [0.3, 0.4) is 0 Å². The fourth-order valence-corrected chi connectivity index (χ4v) is 2.05. The molecule has 1 aliphatic rings. The molecule has 100 valence electrons. The molecule has 0 bridgehead atoms. The Bertz CT molecular complexity index is 525. The van der Waals surface area contributed by atoms with Crippen LogP contribution in [-0.4, -0.2) is 29.5 Å². The number of nitrogens with one attached hydrogen (secondary N) is 1. The van der Waals surface area contributed by atoms with Gasteiger partial charge in [-0.05, 0) is 17.7 Å². The monoisotopic (exact) mass is 323 g/mol. The van der Waals surface area contributed by atoms with E-state index in [0.717, 1.165) is 10.0 Å². The molecule has 0 radical (unpaired) electrons. The number of hydrazone groups is 1. The quantitative estimate of drug-likeness (QED) is 0.919. The Morgan fingerprint density at radius 2 is 2.05 bits per heavy atom. The highest BCUT2D eigenvalue weighted by atomic mass is 79.9. The van der Waals surface area contributed by atoms with Crippen molar-refractivity contribution in [1.29, 1.82) is 0 Å². The van der Waals surface area contributed by atoms with Crippen molar-refractivity contribution in [3.8, 4) is 0 Å². The van der Waals surface area contributed by atoms with Crippen LogP contribution in [0.15, 0.2) is 33.8 Å². The second-order valence-electron chi connectivity index (χ2n) is 4.38. The van der Waals surface area contributed by atoms with Gasteiger partial charge in [0.25, 0.3) is 5.91 Å². The van der Waals surface area contributed by atoms with E-state index in [0.29, 0.717) is 25.1 Å². The van der Waals surface area contributed by atoms with E-state index in [9.17, 15) is 9.59 Å². The first-order valence-corrected chi connectivity index (χ1v) is 6.71. The Kier molecular flexibility index (Phi) is 4.31. The number of hydrogen-bond donors (Lipinski definition) is 1. The zero-order chi connectivity index (χ0) is 13.8. The number of carbonyl (C=O) groups excluding carboxylic acids is 2. The third-order valence-electron chi connectivity index (χ3n) is 2.83. The molecule has 0 saturated heterocycles. The van der Waals surface area contributed by atoms with Crippen molar-refractivity contribution in [2.24, 2.45) is 5.10 Å². The fourth-order valence-electron chi connectivity index (χ4n) is 1.78. The molecule has 2 rings (SSSR count). The molecule has 6 heteroatoms. The summed E-state index contributed by atoms with van der Waals surface area (Å²) in [6.45, 7) is 0.513. The Morgan fingerprint density at radius 1 is 1.37 bits per heavy atom. The summed E-state index contributed by atoms with van der Waals surface area (Å²) in [6, 6.07) is 7.79. The summed E-state index contributed by atoms with van der Waals surface area (Å²) in [5.74, 6) is -0.296. The van der Waals surface area contributed by atoms with E-state index in [1.54, 1.807) is 11.9 Å². The van der Waals surface area contributed by atoms with Gasteiger partial charge in [0.2, 0.25) is 5.91 Å². The highest BCUT2D eigenvalue weighted by molar-refractivity contribution is 9.10. The molecule has 5 nitrogen and oxygen atoms in total. The zero-order valence-electron chi connectivity index (χ0n) is 10.5. The van der Waals surface area contributed by atoms with E-state index < -0.39 is 0 Å². The smallest absolute Gasteiger partial charge is 0.270 e. The largest absolute Gasteiger partial charge is 0.336 e. The lowest BCUT2D eigenvalue weighted by atomic mass is 10.1. The molecule has 0 unspecified atom stereocenters. The van der Waals surface area contributed by atoms with Crippen molar-refractivity contribution in [3.63, 3.8) is 0 Å². The number of nitrogens with zero attached hydrogens (tertiary/aromatic N) is 2. The summed E-state index contributed by atoms with van der Waals surface area (Å²) in [6.07, 6.45) is 0.714. The van der Waals surface area contributed by atoms with Gasteiger partial charge in [0, 0.05) is 30.9 Å². The van der Waals surface area contributed by atoms with Crippen molar-refractivity contribution in [3.05, 3.63) is 34.3 Å². The Morgan fingerprint density at radius 3 is 2.63 bits per heavy atom. The molecule has 1 aliphatic heterocycles. The lowest BCUT2D eigenvalue weighted by Gasteiger charge is -2.20. The summed E-state index contributed by atoms with van der Waals surface area (Å²) in [5, 5.41) is 3.81. The highest BCUT2D eigenvalue weighted by Gasteiger charge is 2.21. The predicted octanol–water partition coefficient (Wildman–Crippen LogP) is 1.67. The van der Waals surface area contributed by atoms with Gasteiger partial charge in [-0.15, -0.1) is 0 Å². The van der Waals surface area contributed by atoms with Gasteiger partial charge in [0.1, 0.15) is 5.71 Å². The minimum absolute atomic E-state index is 0.146. The van der Waals surface area contributed by atoms with Gasteiger partial charge in [0.05, 0.1) is 0 Å². The molecule has 0 saturated carbocycles. The van der Waals surface area contributed by atoms with Crippen molar-refractivity contribution in [2.45, 2.75) is 19.4 Å².